The average molecular weight is 310 g/mol. The van der Waals surface area contributed by atoms with Crippen molar-refractivity contribution in [3.8, 4) is 0 Å². The van der Waals surface area contributed by atoms with Gasteiger partial charge in [-0.2, -0.15) is 0 Å². The summed E-state index contributed by atoms with van der Waals surface area (Å²) in [6, 6.07) is 0.383. The number of carbonyl (C=O) groups excluding carboxylic acids is 2. The van der Waals surface area contributed by atoms with E-state index in [-0.39, 0.29) is 18.1 Å². The van der Waals surface area contributed by atoms with E-state index in [2.05, 4.69) is 16.8 Å². The van der Waals surface area contributed by atoms with Crippen LogP contribution >= 0.6 is 11.3 Å². The second-order valence-corrected chi connectivity index (χ2v) is 6.32. The molecule has 0 spiro atoms. The maximum Gasteiger partial charge on any atom is 0.358 e. The van der Waals surface area contributed by atoms with Gasteiger partial charge in [0.15, 0.2) is 16.6 Å². The van der Waals surface area contributed by atoms with E-state index in [9.17, 15) is 9.59 Å². The van der Waals surface area contributed by atoms with Crippen LogP contribution in [0.2, 0.25) is 0 Å². The Balaban J connectivity index is 2.33. The molecule has 0 amide bonds. The van der Waals surface area contributed by atoms with Crippen molar-refractivity contribution < 1.29 is 14.3 Å². The molecular formula is C15H22N2O3S. The van der Waals surface area contributed by atoms with Gasteiger partial charge in [-0.15, -0.1) is 0 Å². The summed E-state index contributed by atoms with van der Waals surface area (Å²) in [5, 5.41) is 0.762. The zero-order valence-electron chi connectivity index (χ0n) is 12.8. The zero-order valence-corrected chi connectivity index (χ0v) is 13.7. The lowest BCUT2D eigenvalue weighted by Crippen LogP contribution is -2.32. The zero-order chi connectivity index (χ0) is 15.4. The Bertz CT molecular complexity index is 527. The third-order valence-electron chi connectivity index (χ3n) is 3.70. The highest BCUT2D eigenvalue weighted by Gasteiger charge is 2.27. The number of hydrogen-bond donors (Lipinski definition) is 0. The van der Waals surface area contributed by atoms with Crippen LogP contribution in [0.5, 0.6) is 0 Å². The number of thiazole rings is 1. The molecule has 0 N–H and O–H groups in total. The first-order valence-corrected chi connectivity index (χ1v) is 8.31. The van der Waals surface area contributed by atoms with Gasteiger partial charge in [0.25, 0.3) is 0 Å². The minimum atomic E-state index is -0.507. The Labute approximate surface area is 129 Å². The number of esters is 1. The molecule has 1 aliphatic heterocycles. The first-order chi connectivity index (χ1) is 10.0. The van der Waals surface area contributed by atoms with Gasteiger partial charge < -0.3 is 9.64 Å². The first-order valence-electron chi connectivity index (χ1n) is 7.50. The van der Waals surface area contributed by atoms with Crippen LogP contribution in [-0.4, -0.2) is 35.9 Å². The molecule has 21 heavy (non-hydrogen) atoms. The summed E-state index contributed by atoms with van der Waals surface area (Å²) in [5.41, 5.74) is 0.167. The first kappa shape index (κ1) is 15.9. The van der Waals surface area contributed by atoms with E-state index in [1.807, 2.05) is 0 Å². The van der Waals surface area contributed by atoms with Crippen LogP contribution in [0.3, 0.4) is 0 Å². The molecule has 0 aromatic carbocycles. The van der Waals surface area contributed by atoms with Crippen molar-refractivity contribution in [3.05, 3.63) is 10.6 Å². The van der Waals surface area contributed by atoms with Gasteiger partial charge in [-0.25, -0.2) is 9.78 Å². The fourth-order valence-electron chi connectivity index (χ4n) is 2.57. The largest absolute Gasteiger partial charge is 0.461 e. The molecule has 0 aliphatic carbocycles. The summed E-state index contributed by atoms with van der Waals surface area (Å²) in [4.78, 5) is 30.8. The summed E-state index contributed by atoms with van der Waals surface area (Å²) in [6.07, 6.45) is 4.67. The molecule has 0 bridgehead atoms. The Kier molecular flexibility index (Phi) is 5.33. The van der Waals surface area contributed by atoms with Crippen LogP contribution in [0.25, 0.3) is 0 Å². The third-order valence-corrected chi connectivity index (χ3v) is 4.90. The molecule has 2 heterocycles. The summed E-state index contributed by atoms with van der Waals surface area (Å²) in [5.74, 6) is -0.642. The van der Waals surface area contributed by atoms with Crippen molar-refractivity contribution in [2.24, 2.45) is 0 Å². The predicted octanol–water partition coefficient (Wildman–Crippen LogP) is 3.29. The highest BCUT2D eigenvalue weighted by molar-refractivity contribution is 7.17. The van der Waals surface area contributed by atoms with Gasteiger partial charge in [-0.05, 0) is 26.7 Å². The molecule has 1 fully saturated rings. The second kappa shape index (κ2) is 7.02. The second-order valence-electron chi connectivity index (χ2n) is 5.34. The molecule has 1 aromatic heterocycles. The molecule has 116 valence electrons. The highest BCUT2D eigenvalue weighted by atomic mass is 32.1. The number of carbonyl (C=O) groups is 2. The van der Waals surface area contributed by atoms with Crippen LogP contribution in [0.4, 0.5) is 5.13 Å². The molecule has 1 unspecified atom stereocenters. The van der Waals surface area contributed by atoms with Gasteiger partial charge in [0.2, 0.25) is 0 Å². The van der Waals surface area contributed by atoms with Crippen molar-refractivity contribution in [1.82, 2.24) is 4.98 Å². The molecule has 5 nitrogen and oxygen atoms in total. The van der Waals surface area contributed by atoms with E-state index >= 15 is 0 Å². The molecule has 1 atom stereocenters. The summed E-state index contributed by atoms with van der Waals surface area (Å²) in [6.45, 7) is 6.59. The van der Waals surface area contributed by atoms with Crippen molar-refractivity contribution in [2.75, 3.05) is 18.1 Å². The van der Waals surface area contributed by atoms with E-state index < -0.39 is 5.97 Å². The number of hydrogen-bond acceptors (Lipinski definition) is 6. The van der Waals surface area contributed by atoms with Gasteiger partial charge in [-0.3, -0.25) is 4.79 Å². The van der Waals surface area contributed by atoms with Crippen molar-refractivity contribution >= 4 is 28.2 Å². The van der Waals surface area contributed by atoms with Gasteiger partial charge in [0.05, 0.1) is 6.61 Å². The highest BCUT2D eigenvalue weighted by Crippen LogP contribution is 2.31. The Morgan fingerprint density at radius 1 is 1.38 bits per heavy atom. The van der Waals surface area contributed by atoms with Crippen LogP contribution in [-0.2, 0) is 4.74 Å². The maximum absolute atomic E-state index is 12.0. The van der Waals surface area contributed by atoms with E-state index in [0.717, 1.165) is 24.5 Å². The SMILES string of the molecule is CCOC(=O)c1nc(N2CCCCCC2C)sc1C(C)=O. The Morgan fingerprint density at radius 3 is 2.81 bits per heavy atom. The Hall–Kier alpha value is -1.43. The quantitative estimate of drug-likeness (QED) is 0.631. The van der Waals surface area contributed by atoms with Crippen LogP contribution in [0, 0.1) is 0 Å². The lowest BCUT2D eigenvalue weighted by atomic mass is 10.1. The van der Waals surface area contributed by atoms with E-state index in [1.165, 1.54) is 31.1 Å². The molecule has 2 rings (SSSR count). The Morgan fingerprint density at radius 2 is 2.14 bits per heavy atom. The average Bonchev–Trinajstić information content (AvgIpc) is 2.77. The molecule has 1 aliphatic rings. The van der Waals surface area contributed by atoms with Crippen LogP contribution < -0.4 is 4.90 Å². The minimum Gasteiger partial charge on any atom is -0.461 e. The number of Topliss-reactive ketones (excluding diaryl/α,β-unsaturated/α-hetero) is 1. The number of ketones is 1. The predicted molar refractivity (Wildman–Crippen MR) is 83.4 cm³/mol. The molecule has 0 radical (unpaired) electrons. The lowest BCUT2D eigenvalue weighted by Gasteiger charge is -2.26. The van der Waals surface area contributed by atoms with E-state index in [0.29, 0.717) is 10.9 Å². The standard InChI is InChI=1S/C15H22N2O3S/c1-4-20-14(19)12-13(11(3)18)21-15(16-12)17-9-7-5-6-8-10(17)2/h10H,4-9H2,1-3H3. The van der Waals surface area contributed by atoms with Gasteiger partial charge >= 0.3 is 5.97 Å². The topological polar surface area (TPSA) is 59.5 Å². The number of anilines is 1. The molecule has 1 saturated heterocycles. The van der Waals surface area contributed by atoms with Crippen molar-refractivity contribution in [2.45, 2.75) is 52.5 Å². The molecule has 1 aromatic rings. The lowest BCUT2D eigenvalue weighted by molar-refractivity contribution is 0.0517. The minimum absolute atomic E-state index is 0.135. The number of ether oxygens (including phenoxy) is 1. The summed E-state index contributed by atoms with van der Waals surface area (Å²) in [7, 11) is 0. The van der Waals surface area contributed by atoms with Crippen molar-refractivity contribution in [1.29, 1.82) is 0 Å². The smallest absolute Gasteiger partial charge is 0.358 e. The number of nitrogens with zero attached hydrogens (tertiary/aromatic N) is 2. The van der Waals surface area contributed by atoms with Crippen LogP contribution in [0.1, 0.15) is 66.6 Å². The number of rotatable bonds is 4. The monoisotopic (exact) mass is 310 g/mol. The molecule has 6 heteroatoms. The van der Waals surface area contributed by atoms with Gasteiger partial charge in [0, 0.05) is 19.5 Å². The van der Waals surface area contributed by atoms with E-state index in [4.69, 9.17) is 4.74 Å². The van der Waals surface area contributed by atoms with Gasteiger partial charge in [-0.1, -0.05) is 24.2 Å². The molecule has 0 saturated carbocycles. The summed E-state index contributed by atoms with van der Waals surface area (Å²) < 4.78 is 5.01. The fraction of sp³-hybridized carbons (Fsp3) is 0.667. The third kappa shape index (κ3) is 3.61. The maximum atomic E-state index is 12.0. The van der Waals surface area contributed by atoms with Gasteiger partial charge in [0.1, 0.15) is 4.88 Å². The van der Waals surface area contributed by atoms with E-state index in [1.54, 1.807) is 6.92 Å². The normalized spacial score (nSPS) is 19.2. The van der Waals surface area contributed by atoms with Crippen LogP contribution in [0.15, 0.2) is 0 Å². The summed E-state index contributed by atoms with van der Waals surface area (Å²) >= 11 is 1.31. The van der Waals surface area contributed by atoms with Crippen molar-refractivity contribution in [3.63, 3.8) is 0 Å². The number of aromatic nitrogens is 1. The molecular weight excluding hydrogens is 288 g/mol. The fourth-order valence-corrected chi connectivity index (χ4v) is 3.64.